The molecule has 18 heavy (non-hydrogen) atoms. The first kappa shape index (κ1) is 14.7. The van der Waals surface area contributed by atoms with Crippen LogP contribution in [0.25, 0.3) is 0 Å². The molecule has 0 aromatic rings. The van der Waals surface area contributed by atoms with Crippen molar-refractivity contribution in [2.75, 3.05) is 26.7 Å². The van der Waals surface area contributed by atoms with Crippen LogP contribution < -0.4 is 16.0 Å². The number of ether oxygens (including phenoxy) is 1. The first-order valence-electron chi connectivity index (χ1n) is 6.11. The SMILES string of the molecule is COC(CNC(=O)NC1CCNCC1)CC(=O)O. The summed E-state index contributed by atoms with van der Waals surface area (Å²) in [4.78, 5) is 22.1. The van der Waals surface area contributed by atoms with E-state index >= 15 is 0 Å². The number of urea groups is 1. The average molecular weight is 259 g/mol. The molecule has 0 saturated carbocycles. The molecule has 1 aliphatic heterocycles. The second-order valence-electron chi connectivity index (χ2n) is 4.33. The summed E-state index contributed by atoms with van der Waals surface area (Å²) in [5.74, 6) is -0.942. The molecule has 1 atom stereocenters. The molecule has 1 heterocycles. The molecule has 0 aliphatic carbocycles. The molecule has 1 fully saturated rings. The zero-order chi connectivity index (χ0) is 13.4. The number of amides is 2. The molecule has 1 aliphatic rings. The number of carboxylic acid groups (broad SMARTS) is 1. The molecular formula is C11H21N3O4. The van der Waals surface area contributed by atoms with Crippen molar-refractivity contribution in [1.29, 1.82) is 0 Å². The maximum atomic E-state index is 11.6. The third-order valence-electron chi connectivity index (χ3n) is 2.90. The van der Waals surface area contributed by atoms with Gasteiger partial charge in [0.1, 0.15) is 0 Å². The van der Waals surface area contributed by atoms with Gasteiger partial charge in [-0.25, -0.2) is 4.79 Å². The fourth-order valence-corrected chi connectivity index (χ4v) is 1.84. The highest BCUT2D eigenvalue weighted by Crippen LogP contribution is 2.01. The molecule has 1 unspecified atom stereocenters. The summed E-state index contributed by atoms with van der Waals surface area (Å²) in [5.41, 5.74) is 0. The summed E-state index contributed by atoms with van der Waals surface area (Å²) >= 11 is 0. The van der Waals surface area contributed by atoms with Crippen molar-refractivity contribution in [3.05, 3.63) is 0 Å². The number of carbonyl (C=O) groups excluding carboxylic acids is 1. The Labute approximate surface area is 106 Å². The van der Waals surface area contributed by atoms with Crippen molar-refractivity contribution in [3.8, 4) is 0 Å². The summed E-state index contributed by atoms with van der Waals surface area (Å²) in [7, 11) is 1.43. The van der Waals surface area contributed by atoms with Crippen LogP contribution in [-0.2, 0) is 9.53 Å². The Hall–Kier alpha value is -1.34. The zero-order valence-corrected chi connectivity index (χ0v) is 10.6. The van der Waals surface area contributed by atoms with Crippen LogP contribution >= 0.6 is 0 Å². The predicted molar refractivity (Wildman–Crippen MR) is 65.5 cm³/mol. The van der Waals surface area contributed by atoms with E-state index in [4.69, 9.17) is 9.84 Å². The minimum absolute atomic E-state index is 0.121. The minimum Gasteiger partial charge on any atom is -0.481 e. The fraction of sp³-hybridized carbons (Fsp3) is 0.818. The van der Waals surface area contributed by atoms with Crippen molar-refractivity contribution in [1.82, 2.24) is 16.0 Å². The monoisotopic (exact) mass is 259 g/mol. The van der Waals surface area contributed by atoms with Gasteiger partial charge in [0.25, 0.3) is 0 Å². The highest BCUT2D eigenvalue weighted by molar-refractivity contribution is 5.74. The normalized spacial score (nSPS) is 18.1. The van der Waals surface area contributed by atoms with Gasteiger partial charge in [0.2, 0.25) is 0 Å². The van der Waals surface area contributed by atoms with E-state index < -0.39 is 12.1 Å². The van der Waals surface area contributed by atoms with Gasteiger partial charge in [0.15, 0.2) is 0 Å². The summed E-state index contributed by atoms with van der Waals surface area (Å²) in [5, 5.41) is 17.3. The third-order valence-corrected chi connectivity index (χ3v) is 2.90. The number of piperidine rings is 1. The number of carbonyl (C=O) groups is 2. The van der Waals surface area contributed by atoms with E-state index in [0.29, 0.717) is 0 Å². The third kappa shape index (κ3) is 5.83. The quantitative estimate of drug-likeness (QED) is 0.516. The Kier molecular flexibility index (Phi) is 6.45. The number of rotatable bonds is 6. The average Bonchev–Trinajstić information content (AvgIpc) is 2.35. The first-order chi connectivity index (χ1) is 8.61. The van der Waals surface area contributed by atoms with Crippen molar-refractivity contribution >= 4 is 12.0 Å². The van der Waals surface area contributed by atoms with Crippen LogP contribution in [0.1, 0.15) is 19.3 Å². The highest BCUT2D eigenvalue weighted by Gasteiger charge is 2.17. The topological polar surface area (TPSA) is 99.7 Å². The van der Waals surface area contributed by atoms with Crippen LogP contribution in [0.3, 0.4) is 0 Å². The first-order valence-corrected chi connectivity index (χ1v) is 6.11. The lowest BCUT2D eigenvalue weighted by Gasteiger charge is -2.24. The summed E-state index contributed by atoms with van der Waals surface area (Å²) < 4.78 is 4.97. The molecule has 104 valence electrons. The van der Waals surface area contributed by atoms with Gasteiger partial charge in [-0.15, -0.1) is 0 Å². The molecule has 0 aromatic heterocycles. The number of carboxylic acids is 1. The van der Waals surface area contributed by atoms with Crippen molar-refractivity contribution in [2.24, 2.45) is 0 Å². The lowest BCUT2D eigenvalue weighted by molar-refractivity contribution is -0.139. The predicted octanol–water partition coefficient (Wildman–Crippen LogP) is -0.473. The Balaban J connectivity index is 2.20. The molecule has 2 amide bonds. The fourth-order valence-electron chi connectivity index (χ4n) is 1.84. The van der Waals surface area contributed by atoms with E-state index in [9.17, 15) is 9.59 Å². The van der Waals surface area contributed by atoms with Gasteiger partial charge >= 0.3 is 12.0 Å². The van der Waals surface area contributed by atoms with E-state index in [2.05, 4.69) is 16.0 Å². The number of methoxy groups -OCH3 is 1. The second kappa shape index (κ2) is 7.88. The summed E-state index contributed by atoms with van der Waals surface area (Å²) in [6, 6.07) is -0.0824. The molecule has 1 rings (SSSR count). The molecular weight excluding hydrogens is 238 g/mol. The molecule has 4 N–H and O–H groups in total. The molecule has 0 bridgehead atoms. The molecule has 0 radical (unpaired) electrons. The Morgan fingerprint density at radius 3 is 2.67 bits per heavy atom. The van der Waals surface area contributed by atoms with E-state index in [-0.39, 0.29) is 25.0 Å². The van der Waals surface area contributed by atoms with Crippen molar-refractivity contribution < 1.29 is 19.4 Å². The maximum Gasteiger partial charge on any atom is 0.315 e. The van der Waals surface area contributed by atoms with Crippen LogP contribution in [0.5, 0.6) is 0 Å². The standard InChI is InChI=1S/C11H21N3O4/c1-18-9(6-10(15)16)7-13-11(17)14-8-2-4-12-5-3-8/h8-9,12H,2-7H2,1H3,(H,15,16)(H2,13,14,17). The molecule has 1 saturated heterocycles. The summed E-state index contributed by atoms with van der Waals surface area (Å²) in [6.45, 7) is 2.01. The summed E-state index contributed by atoms with van der Waals surface area (Å²) in [6.07, 6.45) is 1.21. The van der Waals surface area contributed by atoms with Crippen LogP contribution in [0.15, 0.2) is 0 Å². The smallest absolute Gasteiger partial charge is 0.315 e. The van der Waals surface area contributed by atoms with Crippen molar-refractivity contribution in [3.63, 3.8) is 0 Å². The molecule has 0 spiro atoms. The Morgan fingerprint density at radius 2 is 2.11 bits per heavy atom. The van der Waals surface area contributed by atoms with Gasteiger partial charge in [0.05, 0.1) is 12.5 Å². The van der Waals surface area contributed by atoms with E-state index in [1.54, 1.807) is 0 Å². The van der Waals surface area contributed by atoms with Gasteiger partial charge in [-0.05, 0) is 25.9 Å². The van der Waals surface area contributed by atoms with Crippen molar-refractivity contribution in [2.45, 2.75) is 31.4 Å². The maximum absolute atomic E-state index is 11.6. The highest BCUT2D eigenvalue weighted by atomic mass is 16.5. The Bertz CT molecular complexity index is 279. The Morgan fingerprint density at radius 1 is 1.44 bits per heavy atom. The van der Waals surface area contributed by atoms with Crippen LogP contribution in [0.2, 0.25) is 0 Å². The van der Waals surface area contributed by atoms with Gasteiger partial charge in [-0.3, -0.25) is 4.79 Å². The van der Waals surface area contributed by atoms with Crippen LogP contribution in [0.4, 0.5) is 4.79 Å². The van der Waals surface area contributed by atoms with E-state index in [1.165, 1.54) is 7.11 Å². The second-order valence-corrected chi connectivity index (χ2v) is 4.33. The van der Waals surface area contributed by atoms with Gasteiger partial charge in [-0.1, -0.05) is 0 Å². The van der Waals surface area contributed by atoms with E-state index in [0.717, 1.165) is 25.9 Å². The number of aliphatic carboxylic acids is 1. The molecule has 7 nitrogen and oxygen atoms in total. The van der Waals surface area contributed by atoms with Crippen LogP contribution in [0, 0.1) is 0 Å². The number of hydrogen-bond acceptors (Lipinski definition) is 4. The lowest BCUT2D eigenvalue weighted by Crippen LogP contribution is -2.48. The van der Waals surface area contributed by atoms with Gasteiger partial charge < -0.3 is 25.8 Å². The zero-order valence-electron chi connectivity index (χ0n) is 10.6. The number of nitrogens with one attached hydrogen (secondary N) is 3. The minimum atomic E-state index is -0.942. The largest absolute Gasteiger partial charge is 0.481 e. The lowest BCUT2D eigenvalue weighted by atomic mass is 10.1. The van der Waals surface area contributed by atoms with Gasteiger partial charge in [-0.2, -0.15) is 0 Å². The molecule has 7 heteroatoms. The van der Waals surface area contributed by atoms with E-state index in [1.807, 2.05) is 0 Å². The number of hydrogen-bond donors (Lipinski definition) is 4. The van der Waals surface area contributed by atoms with Crippen LogP contribution in [-0.4, -0.2) is 56.0 Å². The molecule has 0 aromatic carbocycles. The van der Waals surface area contributed by atoms with Gasteiger partial charge in [0, 0.05) is 19.7 Å².